The molecule has 0 heterocycles. The predicted octanol–water partition coefficient (Wildman–Crippen LogP) is 3.51. The molecule has 178 valence electrons. The van der Waals surface area contributed by atoms with Gasteiger partial charge in [0.15, 0.2) is 0 Å². The van der Waals surface area contributed by atoms with Gasteiger partial charge in [-0.3, -0.25) is 0 Å². The number of hydrogen-bond acceptors (Lipinski definition) is 5. The largest absolute Gasteiger partial charge is 0.493 e. The highest BCUT2D eigenvalue weighted by atomic mass is 19.4. The van der Waals surface area contributed by atoms with Gasteiger partial charge < -0.3 is 25.4 Å². The van der Waals surface area contributed by atoms with Crippen molar-refractivity contribution in [2.45, 2.75) is 37.4 Å². The molecule has 2 aromatic rings. The average molecular weight is 466 g/mol. The lowest BCUT2D eigenvalue weighted by Gasteiger charge is -2.29. The van der Waals surface area contributed by atoms with E-state index in [0.717, 1.165) is 11.6 Å². The van der Waals surface area contributed by atoms with Crippen LogP contribution < -0.4 is 10.1 Å². The number of nitrogens with zero attached hydrogens (tertiary/aromatic N) is 1. The molecule has 0 aliphatic rings. The molecule has 2 rings (SSSR count). The Bertz CT molecular complexity index is 985. The highest BCUT2D eigenvalue weighted by molar-refractivity contribution is 5.65. The van der Waals surface area contributed by atoms with Gasteiger partial charge in [0.05, 0.1) is 42.6 Å². The van der Waals surface area contributed by atoms with E-state index in [9.17, 15) is 28.2 Å². The van der Waals surface area contributed by atoms with Gasteiger partial charge in [-0.1, -0.05) is 18.2 Å². The van der Waals surface area contributed by atoms with Crippen molar-refractivity contribution in [3.63, 3.8) is 0 Å². The lowest BCUT2D eigenvalue weighted by molar-refractivity contribution is -0.139. The SMILES string of the molecule is N#Cc1cccc(CCCOc2ccc(CCC(CO)(CO)NC(=O)O)cc2C(F)(F)F)c1. The second kappa shape index (κ2) is 11.5. The Morgan fingerprint density at radius 2 is 1.76 bits per heavy atom. The lowest BCUT2D eigenvalue weighted by atomic mass is 9.92. The first-order chi connectivity index (χ1) is 15.6. The number of aliphatic hydroxyl groups excluding tert-OH is 2. The van der Waals surface area contributed by atoms with Gasteiger partial charge in [0.1, 0.15) is 5.75 Å². The lowest BCUT2D eigenvalue weighted by Crippen LogP contribution is -2.54. The second-order valence-corrected chi connectivity index (χ2v) is 7.62. The van der Waals surface area contributed by atoms with Crippen LogP contribution >= 0.6 is 0 Å². The normalized spacial score (nSPS) is 11.6. The van der Waals surface area contributed by atoms with Crippen molar-refractivity contribution in [2.24, 2.45) is 0 Å². The molecule has 0 unspecified atom stereocenters. The highest BCUT2D eigenvalue weighted by Gasteiger charge is 2.35. The number of benzene rings is 2. The first kappa shape index (κ1) is 26.0. The van der Waals surface area contributed by atoms with Crippen molar-refractivity contribution >= 4 is 6.09 Å². The number of carbonyl (C=O) groups is 1. The number of aryl methyl sites for hydroxylation is 2. The summed E-state index contributed by atoms with van der Waals surface area (Å²) in [5, 5.41) is 38.8. The van der Waals surface area contributed by atoms with Crippen molar-refractivity contribution in [1.82, 2.24) is 5.32 Å². The van der Waals surface area contributed by atoms with Crippen molar-refractivity contribution < 1.29 is 38.0 Å². The molecule has 33 heavy (non-hydrogen) atoms. The molecule has 0 atom stereocenters. The van der Waals surface area contributed by atoms with Crippen molar-refractivity contribution in [1.29, 1.82) is 5.26 Å². The summed E-state index contributed by atoms with van der Waals surface area (Å²) in [6.45, 7) is -1.37. The van der Waals surface area contributed by atoms with Crippen LogP contribution in [-0.2, 0) is 19.0 Å². The van der Waals surface area contributed by atoms with E-state index < -0.39 is 36.6 Å². The van der Waals surface area contributed by atoms with Crippen LogP contribution in [0.15, 0.2) is 42.5 Å². The molecule has 0 saturated carbocycles. The van der Waals surface area contributed by atoms with Gasteiger partial charge in [0.2, 0.25) is 0 Å². The van der Waals surface area contributed by atoms with Crippen LogP contribution in [0, 0.1) is 11.3 Å². The number of nitrogens with one attached hydrogen (secondary N) is 1. The van der Waals surface area contributed by atoms with Gasteiger partial charge in [-0.25, -0.2) is 4.79 Å². The summed E-state index contributed by atoms with van der Waals surface area (Å²) >= 11 is 0. The number of halogens is 3. The molecule has 0 aliphatic heterocycles. The van der Waals surface area contributed by atoms with E-state index in [1.54, 1.807) is 18.2 Å². The van der Waals surface area contributed by atoms with E-state index in [1.807, 2.05) is 17.5 Å². The second-order valence-electron chi connectivity index (χ2n) is 7.62. The fraction of sp³-hybridized carbons (Fsp3) is 0.391. The molecule has 0 bridgehead atoms. The fourth-order valence-corrected chi connectivity index (χ4v) is 3.29. The average Bonchev–Trinajstić information content (AvgIpc) is 2.79. The minimum atomic E-state index is -4.67. The van der Waals surface area contributed by atoms with Crippen LogP contribution in [0.1, 0.15) is 35.1 Å². The molecule has 0 aromatic heterocycles. The summed E-state index contributed by atoms with van der Waals surface area (Å²) in [6.07, 6.45) is -5.26. The molecule has 0 aliphatic carbocycles. The Balaban J connectivity index is 2.06. The van der Waals surface area contributed by atoms with E-state index in [2.05, 4.69) is 0 Å². The Morgan fingerprint density at radius 1 is 1.06 bits per heavy atom. The van der Waals surface area contributed by atoms with Crippen molar-refractivity contribution in [3.05, 3.63) is 64.7 Å². The van der Waals surface area contributed by atoms with Gasteiger partial charge in [-0.2, -0.15) is 18.4 Å². The smallest absolute Gasteiger partial charge is 0.419 e. The summed E-state index contributed by atoms with van der Waals surface area (Å²) in [5.74, 6) is -0.323. The van der Waals surface area contributed by atoms with Crippen LogP contribution in [0.2, 0.25) is 0 Å². The zero-order chi connectivity index (χ0) is 24.5. The maximum Gasteiger partial charge on any atom is 0.419 e. The third kappa shape index (κ3) is 7.66. The number of rotatable bonds is 11. The van der Waals surface area contributed by atoms with E-state index in [-0.39, 0.29) is 30.8 Å². The maximum absolute atomic E-state index is 13.6. The molecule has 0 fully saturated rings. The van der Waals surface area contributed by atoms with Crippen LogP contribution in [0.4, 0.5) is 18.0 Å². The van der Waals surface area contributed by atoms with Crippen molar-refractivity contribution in [3.8, 4) is 11.8 Å². The van der Waals surface area contributed by atoms with Gasteiger partial charge in [0, 0.05) is 0 Å². The molecule has 7 nitrogen and oxygen atoms in total. The number of ether oxygens (including phenoxy) is 1. The number of amides is 1. The predicted molar refractivity (Wildman–Crippen MR) is 113 cm³/mol. The van der Waals surface area contributed by atoms with Crippen LogP contribution in [0.3, 0.4) is 0 Å². The topological polar surface area (TPSA) is 123 Å². The quantitative estimate of drug-likeness (QED) is 0.376. The van der Waals surface area contributed by atoms with Gasteiger partial charge in [-0.05, 0) is 61.1 Å². The molecule has 2 aromatic carbocycles. The summed E-state index contributed by atoms with van der Waals surface area (Å²) in [4.78, 5) is 10.9. The monoisotopic (exact) mass is 466 g/mol. The molecule has 0 spiro atoms. The summed E-state index contributed by atoms with van der Waals surface area (Å²) < 4.78 is 46.1. The first-order valence-corrected chi connectivity index (χ1v) is 10.2. The molecule has 0 radical (unpaired) electrons. The number of carboxylic acid groups (broad SMARTS) is 1. The van der Waals surface area contributed by atoms with E-state index >= 15 is 0 Å². The Kier molecular flexibility index (Phi) is 9.08. The van der Waals surface area contributed by atoms with Crippen LogP contribution in [0.5, 0.6) is 5.75 Å². The maximum atomic E-state index is 13.6. The third-order valence-electron chi connectivity index (χ3n) is 5.14. The molecule has 10 heteroatoms. The Morgan fingerprint density at radius 3 is 2.36 bits per heavy atom. The number of aliphatic hydroxyl groups is 2. The fourth-order valence-electron chi connectivity index (χ4n) is 3.29. The van der Waals surface area contributed by atoms with Crippen molar-refractivity contribution in [2.75, 3.05) is 19.8 Å². The molecular weight excluding hydrogens is 441 g/mol. The Labute approximate surface area is 189 Å². The molecule has 4 N–H and O–H groups in total. The van der Waals surface area contributed by atoms with Gasteiger partial charge >= 0.3 is 12.3 Å². The number of hydrogen-bond donors (Lipinski definition) is 4. The summed E-state index contributed by atoms with van der Waals surface area (Å²) in [7, 11) is 0. The number of nitriles is 1. The van der Waals surface area contributed by atoms with E-state index in [1.165, 1.54) is 12.1 Å². The summed E-state index contributed by atoms with van der Waals surface area (Å²) in [6, 6.07) is 12.5. The van der Waals surface area contributed by atoms with Crippen LogP contribution in [-0.4, -0.2) is 46.8 Å². The first-order valence-electron chi connectivity index (χ1n) is 10.2. The third-order valence-corrected chi connectivity index (χ3v) is 5.14. The Hall–Kier alpha value is -3.29. The van der Waals surface area contributed by atoms with E-state index in [4.69, 9.17) is 15.1 Å². The summed E-state index contributed by atoms with van der Waals surface area (Å²) in [5.41, 5.74) is -0.885. The standard InChI is InChI=1S/C23H25F3N2O5/c24-23(25,26)19-12-17(8-9-22(14-29,15-30)28-21(31)32)6-7-20(19)33-10-2-5-16-3-1-4-18(11-16)13-27/h1,3-4,6-7,11-12,28-30H,2,5,8-10,14-15H2,(H,31,32). The van der Waals surface area contributed by atoms with Gasteiger partial charge in [-0.15, -0.1) is 0 Å². The molecule has 0 saturated heterocycles. The van der Waals surface area contributed by atoms with E-state index in [0.29, 0.717) is 18.4 Å². The molecule has 1 amide bonds. The highest BCUT2D eigenvalue weighted by Crippen LogP contribution is 2.37. The minimum absolute atomic E-state index is 0.0139. The minimum Gasteiger partial charge on any atom is -0.493 e. The van der Waals surface area contributed by atoms with Crippen LogP contribution in [0.25, 0.3) is 0 Å². The van der Waals surface area contributed by atoms with Gasteiger partial charge in [0.25, 0.3) is 0 Å². The zero-order valence-corrected chi connectivity index (χ0v) is 17.7. The zero-order valence-electron chi connectivity index (χ0n) is 17.7. The molecular formula is C23H25F3N2O5. The number of alkyl halides is 3.